The third kappa shape index (κ3) is 4.90. The number of aliphatic hydroxyl groups excluding tert-OH is 1. The lowest BCUT2D eigenvalue weighted by molar-refractivity contribution is 0.0912. The highest BCUT2D eigenvalue weighted by Crippen LogP contribution is 2.11. The minimum atomic E-state index is -0.557. The summed E-state index contributed by atoms with van der Waals surface area (Å²) in [5, 5.41) is 12.8. The lowest BCUT2D eigenvalue weighted by Gasteiger charge is -2.21. The second kappa shape index (κ2) is 8.20. The van der Waals surface area contributed by atoms with E-state index < -0.39 is 6.10 Å². The first kappa shape index (κ1) is 16.0. The molecule has 0 fully saturated rings. The maximum atomic E-state index is 11.9. The van der Waals surface area contributed by atoms with E-state index in [1.165, 1.54) is 0 Å². The average Bonchev–Trinajstić information content (AvgIpc) is 2.59. The fraction of sp³-hybridized carbons (Fsp3) is 0.278. The van der Waals surface area contributed by atoms with Crippen molar-refractivity contribution >= 4 is 11.6 Å². The van der Waals surface area contributed by atoms with Crippen molar-refractivity contribution in [3.63, 3.8) is 0 Å². The van der Waals surface area contributed by atoms with E-state index >= 15 is 0 Å². The van der Waals surface area contributed by atoms with Gasteiger partial charge < -0.3 is 15.3 Å². The summed E-state index contributed by atoms with van der Waals surface area (Å²) in [5.41, 5.74) is 1.72. The van der Waals surface area contributed by atoms with Crippen molar-refractivity contribution in [3.05, 3.63) is 66.2 Å². The fourth-order valence-electron chi connectivity index (χ4n) is 2.16. The third-order valence-electron chi connectivity index (χ3n) is 3.53. The molecule has 0 bridgehead atoms. The quantitative estimate of drug-likeness (QED) is 0.825. The molecule has 0 spiro atoms. The Morgan fingerprint density at radius 3 is 2.32 bits per heavy atom. The van der Waals surface area contributed by atoms with Crippen LogP contribution in [0.4, 0.5) is 5.69 Å². The van der Waals surface area contributed by atoms with E-state index in [2.05, 4.69) is 10.2 Å². The maximum absolute atomic E-state index is 11.9. The number of para-hydroxylation sites is 1. The summed E-state index contributed by atoms with van der Waals surface area (Å²) < 4.78 is 0. The Balaban J connectivity index is 1.72. The molecule has 4 nitrogen and oxygen atoms in total. The highest BCUT2D eigenvalue weighted by molar-refractivity contribution is 5.94. The summed E-state index contributed by atoms with van der Waals surface area (Å²) >= 11 is 0. The molecule has 2 aromatic carbocycles. The zero-order valence-corrected chi connectivity index (χ0v) is 12.8. The number of amides is 1. The Morgan fingerprint density at radius 1 is 1.09 bits per heavy atom. The van der Waals surface area contributed by atoms with Crippen LogP contribution in [0.15, 0.2) is 60.7 Å². The van der Waals surface area contributed by atoms with Gasteiger partial charge in [0.2, 0.25) is 0 Å². The second-order valence-electron chi connectivity index (χ2n) is 5.28. The summed E-state index contributed by atoms with van der Waals surface area (Å²) in [5.74, 6) is -0.156. The lowest BCUT2D eigenvalue weighted by atomic mass is 10.2. The Morgan fingerprint density at radius 2 is 1.68 bits per heavy atom. The molecule has 0 heterocycles. The molecule has 1 unspecified atom stereocenters. The van der Waals surface area contributed by atoms with Crippen molar-refractivity contribution in [2.24, 2.45) is 0 Å². The van der Waals surface area contributed by atoms with Crippen LogP contribution in [0.2, 0.25) is 0 Å². The first-order valence-corrected chi connectivity index (χ1v) is 7.44. The molecule has 2 N–H and O–H groups in total. The summed E-state index contributed by atoms with van der Waals surface area (Å²) in [6, 6.07) is 19.0. The van der Waals surface area contributed by atoms with Crippen LogP contribution in [-0.4, -0.2) is 37.3 Å². The van der Waals surface area contributed by atoms with Crippen molar-refractivity contribution in [3.8, 4) is 0 Å². The monoisotopic (exact) mass is 298 g/mol. The van der Waals surface area contributed by atoms with Gasteiger partial charge in [-0.05, 0) is 30.7 Å². The van der Waals surface area contributed by atoms with Gasteiger partial charge >= 0.3 is 0 Å². The van der Waals surface area contributed by atoms with Gasteiger partial charge in [-0.1, -0.05) is 36.4 Å². The highest BCUT2D eigenvalue weighted by Gasteiger charge is 2.10. The summed E-state index contributed by atoms with van der Waals surface area (Å²) in [6.45, 7) is 0.989. The van der Waals surface area contributed by atoms with Crippen molar-refractivity contribution in [1.82, 2.24) is 5.32 Å². The first-order valence-electron chi connectivity index (χ1n) is 7.44. The molecule has 0 aliphatic rings. The van der Waals surface area contributed by atoms with E-state index in [0.717, 1.165) is 12.2 Å². The number of aliphatic hydroxyl groups is 1. The van der Waals surface area contributed by atoms with Gasteiger partial charge in [0.25, 0.3) is 5.91 Å². The fourth-order valence-corrected chi connectivity index (χ4v) is 2.16. The van der Waals surface area contributed by atoms with Gasteiger partial charge in [-0.15, -0.1) is 0 Å². The van der Waals surface area contributed by atoms with Gasteiger partial charge in [0.05, 0.1) is 6.10 Å². The predicted molar refractivity (Wildman–Crippen MR) is 89.1 cm³/mol. The van der Waals surface area contributed by atoms with E-state index in [4.69, 9.17) is 0 Å². The van der Waals surface area contributed by atoms with E-state index in [1.807, 2.05) is 55.6 Å². The van der Waals surface area contributed by atoms with Crippen molar-refractivity contribution in [1.29, 1.82) is 0 Å². The molecule has 0 aliphatic carbocycles. The molecule has 2 rings (SSSR count). The average molecular weight is 298 g/mol. The SMILES string of the molecule is CN(CCC(O)CNC(=O)c1ccccc1)c1ccccc1. The predicted octanol–water partition coefficient (Wildman–Crippen LogP) is 2.30. The maximum Gasteiger partial charge on any atom is 0.251 e. The summed E-state index contributed by atoms with van der Waals surface area (Å²) in [4.78, 5) is 14.0. The molecule has 1 atom stereocenters. The standard InChI is InChI=1S/C18H22N2O2/c1-20(16-10-6-3-7-11-16)13-12-17(21)14-19-18(22)15-8-4-2-5-9-15/h2-11,17,21H,12-14H2,1H3,(H,19,22). The third-order valence-corrected chi connectivity index (χ3v) is 3.53. The van der Waals surface area contributed by atoms with Gasteiger partial charge in [0, 0.05) is 31.4 Å². The normalized spacial score (nSPS) is 11.7. The van der Waals surface area contributed by atoms with Gasteiger partial charge in [0.1, 0.15) is 0 Å². The van der Waals surface area contributed by atoms with E-state index in [9.17, 15) is 9.90 Å². The molecule has 1 amide bonds. The summed E-state index contributed by atoms with van der Waals surface area (Å²) in [7, 11) is 1.99. The van der Waals surface area contributed by atoms with Gasteiger partial charge in [-0.3, -0.25) is 4.79 Å². The molecular weight excluding hydrogens is 276 g/mol. The number of hydrogen-bond acceptors (Lipinski definition) is 3. The first-order chi connectivity index (χ1) is 10.7. The molecule has 0 saturated heterocycles. The van der Waals surface area contributed by atoms with Crippen molar-refractivity contribution in [2.75, 3.05) is 25.0 Å². The molecule has 22 heavy (non-hydrogen) atoms. The van der Waals surface area contributed by atoms with E-state index in [0.29, 0.717) is 12.0 Å². The van der Waals surface area contributed by atoms with Crippen LogP contribution in [-0.2, 0) is 0 Å². The number of benzene rings is 2. The molecule has 0 aliphatic heterocycles. The van der Waals surface area contributed by atoms with Crippen molar-refractivity contribution < 1.29 is 9.90 Å². The van der Waals surface area contributed by atoms with Crippen molar-refractivity contribution in [2.45, 2.75) is 12.5 Å². The number of carbonyl (C=O) groups excluding carboxylic acids is 1. The Hall–Kier alpha value is -2.33. The Bertz CT molecular complexity index is 572. The minimum Gasteiger partial charge on any atom is -0.391 e. The van der Waals surface area contributed by atoms with Crippen LogP contribution < -0.4 is 10.2 Å². The number of nitrogens with zero attached hydrogens (tertiary/aromatic N) is 1. The van der Waals surface area contributed by atoms with Crippen LogP contribution in [0.25, 0.3) is 0 Å². The van der Waals surface area contributed by atoms with Crippen LogP contribution in [0.3, 0.4) is 0 Å². The molecule has 116 valence electrons. The number of nitrogens with one attached hydrogen (secondary N) is 1. The zero-order chi connectivity index (χ0) is 15.8. The number of carbonyl (C=O) groups is 1. The largest absolute Gasteiger partial charge is 0.391 e. The van der Waals surface area contributed by atoms with Crippen LogP contribution in [0, 0.1) is 0 Å². The van der Waals surface area contributed by atoms with Gasteiger partial charge in [-0.25, -0.2) is 0 Å². The van der Waals surface area contributed by atoms with Crippen LogP contribution in [0.5, 0.6) is 0 Å². The Kier molecular flexibility index (Phi) is 5.98. The molecule has 0 saturated carbocycles. The highest BCUT2D eigenvalue weighted by atomic mass is 16.3. The number of hydrogen-bond donors (Lipinski definition) is 2. The zero-order valence-electron chi connectivity index (χ0n) is 12.8. The number of anilines is 1. The summed E-state index contributed by atoms with van der Waals surface area (Å²) in [6.07, 6.45) is 0.0410. The van der Waals surface area contributed by atoms with Crippen LogP contribution in [0.1, 0.15) is 16.8 Å². The number of rotatable bonds is 7. The molecule has 2 aromatic rings. The van der Waals surface area contributed by atoms with Gasteiger partial charge in [0.15, 0.2) is 0 Å². The van der Waals surface area contributed by atoms with E-state index in [-0.39, 0.29) is 12.5 Å². The smallest absolute Gasteiger partial charge is 0.251 e. The minimum absolute atomic E-state index is 0.156. The van der Waals surface area contributed by atoms with Gasteiger partial charge in [-0.2, -0.15) is 0 Å². The molecule has 4 heteroatoms. The molecule has 0 radical (unpaired) electrons. The topological polar surface area (TPSA) is 52.6 Å². The molecule has 0 aromatic heterocycles. The lowest BCUT2D eigenvalue weighted by Crippen LogP contribution is -2.34. The Labute approximate surface area is 131 Å². The molecular formula is C18H22N2O2. The van der Waals surface area contributed by atoms with Crippen LogP contribution >= 0.6 is 0 Å². The second-order valence-corrected chi connectivity index (χ2v) is 5.28. The van der Waals surface area contributed by atoms with E-state index in [1.54, 1.807) is 12.1 Å².